The predicted octanol–water partition coefficient (Wildman–Crippen LogP) is 1.89. The van der Waals surface area contributed by atoms with Crippen molar-refractivity contribution in [1.82, 2.24) is 0 Å². The van der Waals surface area contributed by atoms with Crippen LogP contribution in [0.1, 0.15) is 20.8 Å². The summed E-state index contributed by atoms with van der Waals surface area (Å²) >= 11 is 0. The van der Waals surface area contributed by atoms with Crippen LogP contribution >= 0.6 is 0 Å². The molecule has 0 saturated carbocycles. The van der Waals surface area contributed by atoms with E-state index in [0.717, 1.165) is 0 Å². The van der Waals surface area contributed by atoms with Crippen LogP contribution < -0.4 is 0 Å². The van der Waals surface area contributed by atoms with Gasteiger partial charge in [0.05, 0.1) is 6.10 Å². The fourth-order valence-electron chi connectivity index (χ4n) is 0.409. The lowest BCUT2D eigenvalue weighted by molar-refractivity contribution is 0.244. The lowest BCUT2D eigenvalue weighted by Crippen LogP contribution is -1.90. The van der Waals surface area contributed by atoms with Crippen LogP contribution in [-0.2, 0) is 0 Å². The summed E-state index contributed by atoms with van der Waals surface area (Å²) in [6.45, 7) is 5.77. The Balaban J connectivity index is 3.60. The Morgan fingerprint density at radius 3 is 2.33 bits per heavy atom. The van der Waals surface area contributed by atoms with Gasteiger partial charge in [-0.15, -0.1) is 0 Å². The van der Waals surface area contributed by atoms with Crippen molar-refractivity contribution in [3.8, 4) is 0 Å². The standard InChI is InChI=1S/C8H14O/c1-7(2)5-4-6-8(3)9/h4-6,8-9H,1-3H3/b6-4-. The van der Waals surface area contributed by atoms with Crippen LogP contribution in [0.5, 0.6) is 0 Å². The molecule has 1 atom stereocenters. The monoisotopic (exact) mass is 126 g/mol. The molecule has 0 rings (SSSR count). The third-order valence-corrected chi connectivity index (χ3v) is 0.819. The van der Waals surface area contributed by atoms with Gasteiger partial charge >= 0.3 is 0 Å². The molecule has 0 aliphatic carbocycles. The summed E-state index contributed by atoms with van der Waals surface area (Å²) in [5.41, 5.74) is 1.24. The molecule has 0 saturated heterocycles. The van der Waals surface area contributed by atoms with E-state index >= 15 is 0 Å². The van der Waals surface area contributed by atoms with E-state index in [1.165, 1.54) is 5.57 Å². The molecule has 1 nitrogen and oxygen atoms in total. The van der Waals surface area contributed by atoms with E-state index in [4.69, 9.17) is 5.11 Å². The summed E-state index contributed by atoms with van der Waals surface area (Å²) in [5, 5.41) is 8.75. The molecular formula is C8H14O. The molecule has 0 bridgehead atoms. The SMILES string of the molecule is CC(C)=C/C=C\C(C)O. The molecule has 0 aromatic heterocycles. The zero-order valence-corrected chi connectivity index (χ0v) is 6.26. The molecule has 0 fully saturated rings. The van der Waals surface area contributed by atoms with Crippen molar-refractivity contribution in [2.24, 2.45) is 0 Å². The topological polar surface area (TPSA) is 20.2 Å². The summed E-state index contributed by atoms with van der Waals surface area (Å²) in [6, 6.07) is 0. The zero-order chi connectivity index (χ0) is 7.28. The van der Waals surface area contributed by atoms with Crippen molar-refractivity contribution in [2.45, 2.75) is 26.9 Å². The molecule has 1 unspecified atom stereocenters. The smallest absolute Gasteiger partial charge is 0.0695 e. The summed E-state index contributed by atoms with van der Waals surface area (Å²) < 4.78 is 0. The predicted molar refractivity (Wildman–Crippen MR) is 40.3 cm³/mol. The Morgan fingerprint density at radius 1 is 1.44 bits per heavy atom. The highest BCUT2D eigenvalue weighted by Gasteiger charge is 1.80. The molecular weight excluding hydrogens is 112 g/mol. The van der Waals surface area contributed by atoms with Crippen LogP contribution in [0.3, 0.4) is 0 Å². The van der Waals surface area contributed by atoms with Gasteiger partial charge in [-0.05, 0) is 20.8 Å². The second-order valence-corrected chi connectivity index (χ2v) is 2.37. The number of aliphatic hydroxyl groups is 1. The van der Waals surface area contributed by atoms with E-state index in [1.807, 2.05) is 26.0 Å². The summed E-state index contributed by atoms with van der Waals surface area (Å²) in [6.07, 6.45) is 5.24. The number of aliphatic hydroxyl groups excluding tert-OH is 1. The Labute approximate surface area is 56.7 Å². The Kier molecular flexibility index (Phi) is 4.06. The van der Waals surface area contributed by atoms with E-state index in [9.17, 15) is 0 Å². The molecule has 0 aromatic carbocycles. The van der Waals surface area contributed by atoms with Crippen molar-refractivity contribution in [2.75, 3.05) is 0 Å². The van der Waals surface area contributed by atoms with Crippen molar-refractivity contribution >= 4 is 0 Å². The molecule has 0 aliphatic rings. The van der Waals surface area contributed by atoms with Gasteiger partial charge in [-0.1, -0.05) is 23.8 Å². The van der Waals surface area contributed by atoms with Crippen LogP contribution in [0.25, 0.3) is 0 Å². The maximum atomic E-state index is 8.75. The summed E-state index contributed by atoms with van der Waals surface area (Å²) in [5.74, 6) is 0. The second kappa shape index (κ2) is 4.33. The molecule has 9 heavy (non-hydrogen) atoms. The number of rotatable bonds is 2. The van der Waals surface area contributed by atoms with E-state index in [1.54, 1.807) is 13.0 Å². The lowest BCUT2D eigenvalue weighted by atomic mass is 10.3. The average molecular weight is 126 g/mol. The molecule has 0 spiro atoms. The highest BCUT2D eigenvalue weighted by molar-refractivity contribution is 5.09. The Hall–Kier alpha value is -0.560. The highest BCUT2D eigenvalue weighted by atomic mass is 16.3. The van der Waals surface area contributed by atoms with E-state index in [0.29, 0.717) is 0 Å². The maximum Gasteiger partial charge on any atom is 0.0695 e. The molecule has 0 heterocycles. The number of hydrogen-bond donors (Lipinski definition) is 1. The van der Waals surface area contributed by atoms with Gasteiger partial charge in [-0.3, -0.25) is 0 Å². The minimum Gasteiger partial charge on any atom is -0.389 e. The first-order valence-corrected chi connectivity index (χ1v) is 3.12. The maximum absolute atomic E-state index is 8.75. The minimum atomic E-state index is -0.333. The van der Waals surface area contributed by atoms with Crippen molar-refractivity contribution in [3.63, 3.8) is 0 Å². The van der Waals surface area contributed by atoms with Gasteiger partial charge in [0, 0.05) is 0 Å². The second-order valence-electron chi connectivity index (χ2n) is 2.37. The van der Waals surface area contributed by atoms with E-state index < -0.39 is 0 Å². The van der Waals surface area contributed by atoms with Gasteiger partial charge in [-0.2, -0.15) is 0 Å². The van der Waals surface area contributed by atoms with Gasteiger partial charge in [-0.25, -0.2) is 0 Å². The largest absolute Gasteiger partial charge is 0.389 e. The van der Waals surface area contributed by atoms with Gasteiger partial charge < -0.3 is 5.11 Å². The van der Waals surface area contributed by atoms with Crippen LogP contribution in [0.15, 0.2) is 23.8 Å². The molecule has 1 heteroatoms. The highest BCUT2D eigenvalue weighted by Crippen LogP contribution is 1.90. The first-order chi connectivity index (χ1) is 4.13. The van der Waals surface area contributed by atoms with Crippen LogP contribution in [0, 0.1) is 0 Å². The van der Waals surface area contributed by atoms with E-state index in [2.05, 4.69) is 0 Å². The normalized spacial score (nSPS) is 13.8. The fraction of sp³-hybridized carbons (Fsp3) is 0.500. The van der Waals surface area contributed by atoms with Gasteiger partial charge in [0.25, 0.3) is 0 Å². The zero-order valence-electron chi connectivity index (χ0n) is 6.26. The third kappa shape index (κ3) is 7.44. The molecule has 0 radical (unpaired) electrons. The third-order valence-electron chi connectivity index (χ3n) is 0.819. The van der Waals surface area contributed by atoms with Crippen LogP contribution in [0.4, 0.5) is 0 Å². The van der Waals surface area contributed by atoms with Crippen LogP contribution in [0.2, 0.25) is 0 Å². The minimum absolute atomic E-state index is 0.333. The van der Waals surface area contributed by atoms with Gasteiger partial charge in [0.1, 0.15) is 0 Å². The number of hydrogen-bond acceptors (Lipinski definition) is 1. The fourth-order valence-corrected chi connectivity index (χ4v) is 0.409. The first kappa shape index (κ1) is 8.44. The Morgan fingerprint density at radius 2 is 2.00 bits per heavy atom. The lowest BCUT2D eigenvalue weighted by Gasteiger charge is -1.89. The average Bonchev–Trinajstić information content (AvgIpc) is 1.63. The summed E-state index contributed by atoms with van der Waals surface area (Å²) in [7, 11) is 0. The van der Waals surface area contributed by atoms with E-state index in [-0.39, 0.29) is 6.10 Å². The van der Waals surface area contributed by atoms with Crippen molar-refractivity contribution < 1.29 is 5.11 Å². The van der Waals surface area contributed by atoms with Gasteiger partial charge in [0.15, 0.2) is 0 Å². The van der Waals surface area contributed by atoms with Crippen LogP contribution in [-0.4, -0.2) is 11.2 Å². The molecule has 1 N–H and O–H groups in total. The van der Waals surface area contributed by atoms with Crippen molar-refractivity contribution in [1.29, 1.82) is 0 Å². The summed E-state index contributed by atoms with van der Waals surface area (Å²) in [4.78, 5) is 0. The first-order valence-electron chi connectivity index (χ1n) is 3.12. The molecule has 0 aromatic rings. The molecule has 52 valence electrons. The van der Waals surface area contributed by atoms with Gasteiger partial charge in [0.2, 0.25) is 0 Å². The molecule has 0 amide bonds. The number of allylic oxidation sites excluding steroid dienone is 3. The molecule has 0 aliphatic heterocycles. The Bertz CT molecular complexity index is 117. The quantitative estimate of drug-likeness (QED) is 0.560. The van der Waals surface area contributed by atoms with Crippen molar-refractivity contribution in [3.05, 3.63) is 23.8 Å².